The predicted octanol–water partition coefficient (Wildman–Crippen LogP) is 2.56. The molecule has 2 rings (SSSR count). The number of rotatable bonds is 1. The van der Waals surface area contributed by atoms with E-state index >= 15 is 0 Å². The van der Waals surface area contributed by atoms with Gasteiger partial charge in [-0.3, -0.25) is 4.98 Å². The van der Waals surface area contributed by atoms with Crippen LogP contribution in [0.5, 0.6) is 0 Å². The topological polar surface area (TPSA) is 29.0 Å². The molecule has 0 saturated carbocycles. The van der Waals surface area contributed by atoms with Gasteiger partial charge in [-0.05, 0) is 19.8 Å². The third-order valence-corrected chi connectivity index (χ3v) is 2.95. The average molecular weight is 245 g/mol. The Morgan fingerprint density at radius 2 is 2.12 bits per heavy atom. The molecule has 6 heteroatoms. The van der Waals surface area contributed by atoms with Gasteiger partial charge in [-0.2, -0.15) is 13.2 Å². The van der Waals surface area contributed by atoms with Gasteiger partial charge in [0.1, 0.15) is 5.82 Å². The van der Waals surface area contributed by atoms with Crippen molar-refractivity contribution < 1.29 is 13.2 Å². The largest absolute Gasteiger partial charge is 0.393 e. The van der Waals surface area contributed by atoms with E-state index in [1.54, 1.807) is 18.0 Å². The van der Waals surface area contributed by atoms with E-state index in [1.165, 1.54) is 6.20 Å². The Labute approximate surface area is 97.7 Å². The second-order valence-electron chi connectivity index (χ2n) is 4.35. The maximum absolute atomic E-state index is 12.6. The van der Waals surface area contributed by atoms with E-state index in [0.717, 1.165) is 5.69 Å². The Kier molecular flexibility index (Phi) is 3.22. The Balaban J connectivity index is 2.12. The lowest BCUT2D eigenvalue weighted by Gasteiger charge is -2.34. The van der Waals surface area contributed by atoms with Gasteiger partial charge in [0.25, 0.3) is 0 Å². The lowest BCUT2D eigenvalue weighted by Crippen LogP contribution is -2.42. The van der Waals surface area contributed by atoms with Crippen LogP contribution in [-0.4, -0.2) is 29.2 Å². The van der Waals surface area contributed by atoms with Gasteiger partial charge in [0.15, 0.2) is 0 Å². The monoisotopic (exact) mass is 245 g/mol. The van der Waals surface area contributed by atoms with Crippen LogP contribution in [0, 0.1) is 12.8 Å². The van der Waals surface area contributed by atoms with Gasteiger partial charge in [0.05, 0.1) is 17.8 Å². The van der Waals surface area contributed by atoms with Crippen molar-refractivity contribution >= 4 is 5.82 Å². The van der Waals surface area contributed by atoms with E-state index in [9.17, 15) is 13.2 Å². The quantitative estimate of drug-likeness (QED) is 0.761. The van der Waals surface area contributed by atoms with E-state index in [2.05, 4.69) is 9.97 Å². The van der Waals surface area contributed by atoms with Crippen molar-refractivity contribution in [2.45, 2.75) is 25.9 Å². The van der Waals surface area contributed by atoms with Crippen LogP contribution in [0.1, 0.15) is 18.5 Å². The molecule has 1 aliphatic heterocycles. The second-order valence-corrected chi connectivity index (χ2v) is 4.35. The van der Waals surface area contributed by atoms with E-state index < -0.39 is 12.1 Å². The first-order valence-electron chi connectivity index (χ1n) is 5.57. The standard InChI is InChI=1S/C11H14F3N3/c1-8-5-15-6-10(16-8)17-4-2-3-9(7-17)11(12,13)14/h5-6,9H,2-4,7H2,1H3. The fraction of sp³-hybridized carbons (Fsp3) is 0.636. The molecule has 0 N–H and O–H groups in total. The van der Waals surface area contributed by atoms with Gasteiger partial charge in [-0.1, -0.05) is 0 Å². The smallest absolute Gasteiger partial charge is 0.355 e. The van der Waals surface area contributed by atoms with E-state index in [-0.39, 0.29) is 13.0 Å². The van der Waals surface area contributed by atoms with Crippen LogP contribution in [0.3, 0.4) is 0 Å². The molecule has 3 nitrogen and oxygen atoms in total. The number of anilines is 1. The number of alkyl halides is 3. The first-order valence-corrected chi connectivity index (χ1v) is 5.57. The van der Waals surface area contributed by atoms with Crippen LogP contribution in [0.25, 0.3) is 0 Å². The Morgan fingerprint density at radius 3 is 2.76 bits per heavy atom. The third kappa shape index (κ3) is 2.87. The molecule has 0 aliphatic carbocycles. The summed E-state index contributed by atoms with van der Waals surface area (Å²) in [6.45, 7) is 2.38. The molecule has 1 unspecified atom stereocenters. The molecule has 1 fully saturated rings. The number of aromatic nitrogens is 2. The van der Waals surface area contributed by atoms with Crippen LogP contribution in [-0.2, 0) is 0 Å². The van der Waals surface area contributed by atoms with E-state index in [1.807, 2.05) is 0 Å². The van der Waals surface area contributed by atoms with E-state index in [4.69, 9.17) is 0 Å². The lowest BCUT2D eigenvalue weighted by atomic mass is 9.97. The van der Waals surface area contributed by atoms with Crippen molar-refractivity contribution in [3.8, 4) is 0 Å². The molecule has 2 heterocycles. The zero-order chi connectivity index (χ0) is 12.5. The van der Waals surface area contributed by atoms with Crippen molar-refractivity contribution in [3.63, 3.8) is 0 Å². The summed E-state index contributed by atoms with van der Waals surface area (Å²) in [6, 6.07) is 0. The maximum Gasteiger partial charge on any atom is 0.393 e. The molecule has 0 aromatic carbocycles. The van der Waals surface area contributed by atoms with Crippen molar-refractivity contribution in [1.82, 2.24) is 9.97 Å². The SMILES string of the molecule is Cc1cncc(N2CCCC(C(F)(F)F)C2)n1. The molecule has 1 aromatic heterocycles. The maximum atomic E-state index is 12.6. The minimum atomic E-state index is -4.12. The highest BCUT2D eigenvalue weighted by Crippen LogP contribution is 2.34. The van der Waals surface area contributed by atoms with Gasteiger partial charge in [-0.25, -0.2) is 4.98 Å². The summed E-state index contributed by atoms with van der Waals surface area (Å²) in [5.41, 5.74) is 0.719. The molecule has 1 aromatic rings. The second kappa shape index (κ2) is 4.50. The predicted molar refractivity (Wildman–Crippen MR) is 57.8 cm³/mol. The van der Waals surface area contributed by atoms with Crippen molar-refractivity contribution in [2.24, 2.45) is 5.92 Å². The summed E-state index contributed by atoms with van der Waals surface area (Å²) < 4.78 is 37.9. The molecule has 0 spiro atoms. The highest BCUT2D eigenvalue weighted by atomic mass is 19.4. The molecule has 1 atom stereocenters. The zero-order valence-electron chi connectivity index (χ0n) is 9.54. The fourth-order valence-corrected chi connectivity index (χ4v) is 2.05. The number of halogens is 3. The van der Waals surface area contributed by atoms with Gasteiger partial charge in [0.2, 0.25) is 0 Å². The van der Waals surface area contributed by atoms with E-state index in [0.29, 0.717) is 18.8 Å². The number of hydrogen-bond donors (Lipinski definition) is 0. The zero-order valence-corrected chi connectivity index (χ0v) is 9.54. The number of aryl methyl sites for hydroxylation is 1. The Morgan fingerprint density at radius 1 is 1.35 bits per heavy atom. The Hall–Kier alpha value is -1.33. The number of piperidine rings is 1. The molecule has 1 aliphatic rings. The summed E-state index contributed by atoms with van der Waals surface area (Å²) in [6.07, 6.45) is -0.255. The normalized spacial score (nSPS) is 21.6. The van der Waals surface area contributed by atoms with Crippen LogP contribution >= 0.6 is 0 Å². The summed E-state index contributed by atoms with van der Waals surface area (Å²) in [5.74, 6) is -0.711. The minimum Gasteiger partial charge on any atom is -0.355 e. The fourth-order valence-electron chi connectivity index (χ4n) is 2.05. The molecular formula is C11H14F3N3. The molecule has 0 radical (unpaired) electrons. The van der Waals surface area contributed by atoms with Gasteiger partial charge in [-0.15, -0.1) is 0 Å². The summed E-state index contributed by atoms with van der Waals surface area (Å²) >= 11 is 0. The summed E-state index contributed by atoms with van der Waals surface area (Å²) in [7, 11) is 0. The Bertz CT molecular complexity index is 392. The molecule has 94 valence electrons. The molecule has 0 amide bonds. The molecule has 1 saturated heterocycles. The van der Waals surface area contributed by atoms with Gasteiger partial charge < -0.3 is 4.90 Å². The average Bonchev–Trinajstić information content (AvgIpc) is 2.28. The van der Waals surface area contributed by atoms with Crippen LogP contribution < -0.4 is 4.90 Å². The number of nitrogens with zero attached hydrogens (tertiary/aromatic N) is 3. The summed E-state index contributed by atoms with van der Waals surface area (Å²) in [5, 5.41) is 0. The highest BCUT2D eigenvalue weighted by molar-refractivity contribution is 5.36. The third-order valence-electron chi connectivity index (χ3n) is 2.95. The highest BCUT2D eigenvalue weighted by Gasteiger charge is 2.42. The van der Waals surface area contributed by atoms with Crippen molar-refractivity contribution in [1.29, 1.82) is 0 Å². The summed E-state index contributed by atoms with van der Waals surface area (Å²) in [4.78, 5) is 9.84. The lowest BCUT2D eigenvalue weighted by molar-refractivity contribution is -0.176. The van der Waals surface area contributed by atoms with Crippen LogP contribution in [0.2, 0.25) is 0 Å². The molecular weight excluding hydrogens is 231 g/mol. The van der Waals surface area contributed by atoms with Crippen molar-refractivity contribution in [2.75, 3.05) is 18.0 Å². The molecule has 0 bridgehead atoms. The van der Waals surface area contributed by atoms with Crippen LogP contribution in [0.4, 0.5) is 19.0 Å². The first kappa shape index (κ1) is 12.1. The van der Waals surface area contributed by atoms with Crippen LogP contribution in [0.15, 0.2) is 12.4 Å². The molecule has 17 heavy (non-hydrogen) atoms. The van der Waals surface area contributed by atoms with Gasteiger partial charge >= 0.3 is 6.18 Å². The van der Waals surface area contributed by atoms with Gasteiger partial charge in [0, 0.05) is 19.3 Å². The number of hydrogen-bond acceptors (Lipinski definition) is 3. The first-order chi connectivity index (χ1) is 7.97. The minimum absolute atomic E-state index is 0.0123. The van der Waals surface area contributed by atoms with Crippen molar-refractivity contribution in [3.05, 3.63) is 18.1 Å².